The van der Waals surface area contributed by atoms with Crippen molar-refractivity contribution in [2.75, 3.05) is 10.6 Å². The molecule has 0 aliphatic carbocycles. The average molecular weight is 551 g/mol. The van der Waals surface area contributed by atoms with Crippen LogP contribution in [-0.4, -0.2) is 24.9 Å². The van der Waals surface area contributed by atoms with Gasteiger partial charge in [0.1, 0.15) is 17.4 Å². The summed E-state index contributed by atoms with van der Waals surface area (Å²) in [5.41, 5.74) is -5.48. The van der Waals surface area contributed by atoms with E-state index >= 15 is 0 Å². The molecule has 8 nitrogen and oxygen atoms in total. The van der Waals surface area contributed by atoms with Crippen LogP contribution in [0.1, 0.15) is 37.6 Å². The monoisotopic (exact) mass is 550 g/mol. The molecule has 2 aromatic carbocycles. The first-order chi connectivity index (χ1) is 17.5. The van der Waals surface area contributed by atoms with Crippen LogP contribution in [0.5, 0.6) is 5.88 Å². The van der Waals surface area contributed by atoms with Gasteiger partial charge in [-0.25, -0.2) is 14.2 Å². The largest absolute Gasteiger partial charge is 0.534 e. The first kappa shape index (κ1) is 28.4. The first-order valence-corrected chi connectivity index (χ1v) is 12.3. The number of benzene rings is 2. The number of nitrogens with one attached hydrogen (secondary N) is 2. The highest BCUT2D eigenvalue weighted by Crippen LogP contribution is 2.36. The molecule has 3 rings (SSSR count). The van der Waals surface area contributed by atoms with Crippen molar-refractivity contribution < 1.29 is 35.0 Å². The number of amides is 2. The van der Waals surface area contributed by atoms with E-state index in [1.807, 2.05) is 0 Å². The van der Waals surface area contributed by atoms with Crippen LogP contribution < -0.4 is 14.8 Å². The molecule has 13 heteroatoms. The second-order valence-electron chi connectivity index (χ2n) is 9.22. The lowest BCUT2D eigenvalue weighted by molar-refractivity contribution is -0.0501. The van der Waals surface area contributed by atoms with Gasteiger partial charge in [0.15, 0.2) is 0 Å². The third-order valence-corrected chi connectivity index (χ3v) is 6.11. The molecule has 2 amide bonds. The Morgan fingerprint density at radius 3 is 2.21 bits per heavy atom. The number of nitrogens with zero attached hydrogens (tertiary/aromatic N) is 2. The van der Waals surface area contributed by atoms with E-state index in [1.165, 1.54) is 42.5 Å². The van der Waals surface area contributed by atoms with Crippen LogP contribution >= 0.6 is 0 Å². The number of urea groups is 1. The van der Waals surface area contributed by atoms with Crippen molar-refractivity contribution in [2.45, 2.75) is 38.6 Å². The number of aromatic nitrogens is 1. The maximum absolute atomic E-state index is 13.9. The van der Waals surface area contributed by atoms with Crippen LogP contribution in [-0.2, 0) is 15.5 Å². The second kappa shape index (κ2) is 10.3. The Morgan fingerprint density at radius 1 is 1.03 bits per heavy atom. The van der Waals surface area contributed by atoms with Crippen LogP contribution in [0.3, 0.4) is 0 Å². The number of hydrogen-bond donors (Lipinski definition) is 2. The molecule has 0 spiro atoms. The summed E-state index contributed by atoms with van der Waals surface area (Å²) in [6.45, 7) is 6.80. The highest BCUT2D eigenvalue weighted by atomic mass is 32.2. The van der Waals surface area contributed by atoms with E-state index in [0.29, 0.717) is 5.56 Å². The fraction of sp³-hybridized carbons (Fsp3) is 0.240. The van der Waals surface area contributed by atoms with Crippen LogP contribution in [0.4, 0.5) is 33.7 Å². The molecule has 2 N–H and O–H groups in total. The summed E-state index contributed by atoms with van der Waals surface area (Å²) in [4.78, 5) is 16.2. The van der Waals surface area contributed by atoms with E-state index in [9.17, 15) is 36.0 Å². The predicted octanol–water partition coefficient (Wildman–Crippen LogP) is 6.24. The Labute approximate surface area is 216 Å². The van der Waals surface area contributed by atoms with E-state index in [2.05, 4.69) is 19.8 Å². The number of anilines is 2. The van der Waals surface area contributed by atoms with E-state index in [4.69, 9.17) is 0 Å². The SMILES string of the molecule is Cc1ccc(F)c(NC(=O)Nc2ccc(-c3cc(C(C)(C)C)nc(OS(=O)(=O)C(F)(F)F)c3C#N)cc2)c1. The van der Waals surface area contributed by atoms with Crippen LogP contribution in [0.15, 0.2) is 48.5 Å². The van der Waals surface area contributed by atoms with Crippen molar-refractivity contribution in [3.8, 4) is 23.1 Å². The second-order valence-corrected chi connectivity index (χ2v) is 10.8. The number of nitriles is 1. The molecule has 0 saturated carbocycles. The molecule has 200 valence electrons. The Hall–Kier alpha value is -4.18. The minimum atomic E-state index is -6.09. The summed E-state index contributed by atoms with van der Waals surface area (Å²) in [6, 6.07) is 12.4. The zero-order chi connectivity index (χ0) is 28.5. The van der Waals surface area contributed by atoms with E-state index in [0.717, 1.165) is 5.56 Å². The normalized spacial score (nSPS) is 12.0. The Balaban J connectivity index is 1.97. The van der Waals surface area contributed by atoms with Gasteiger partial charge >= 0.3 is 21.7 Å². The molecule has 0 aliphatic rings. The third-order valence-electron chi connectivity index (χ3n) is 5.16. The summed E-state index contributed by atoms with van der Waals surface area (Å²) in [7, 11) is -6.09. The maximum Gasteiger partial charge on any atom is 0.534 e. The molecule has 1 heterocycles. The Kier molecular flexibility index (Phi) is 7.69. The number of alkyl halides is 3. The van der Waals surface area contributed by atoms with E-state index < -0.39 is 44.3 Å². The van der Waals surface area contributed by atoms with Gasteiger partial charge in [-0.05, 0) is 48.4 Å². The predicted molar refractivity (Wildman–Crippen MR) is 132 cm³/mol. The van der Waals surface area contributed by atoms with Gasteiger partial charge in [-0.1, -0.05) is 39.0 Å². The first-order valence-electron chi connectivity index (χ1n) is 10.9. The van der Waals surface area contributed by atoms with Crippen LogP contribution in [0, 0.1) is 24.1 Å². The zero-order valence-corrected chi connectivity index (χ0v) is 21.4. The lowest BCUT2D eigenvalue weighted by atomic mass is 9.88. The molecular formula is C25H22F4N4O4S. The molecule has 1 aromatic heterocycles. The summed E-state index contributed by atoms with van der Waals surface area (Å²) in [6.07, 6.45) is 0. The number of rotatable bonds is 5. The van der Waals surface area contributed by atoms with Crippen molar-refractivity contribution in [1.29, 1.82) is 5.26 Å². The molecule has 0 bridgehead atoms. The molecule has 0 fully saturated rings. The molecule has 3 aromatic rings. The number of aryl methyl sites for hydroxylation is 1. The van der Waals surface area contributed by atoms with Crippen molar-refractivity contribution in [2.24, 2.45) is 0 Å². The zero-order valence-electron chi connectivity index (χ0n) is 20.6. The minimum Gasteiger partial charge on any atom is -0.354 e. The average Bonchev–Trinajstić information content (AvgIpc) is 2.80. The van der Waals surface area contributed by atoms with Gasteiger partial charge in [0.25, 0.3) is 5.88 Å². The number of pyridine rings is 1. The van der Waals surface area contributed by atoms with Gasteiger partial charge in [-0.2, -0.15) is 26.9 Å². The topological polar surface area (TPSA) is 121 Å². The van der Waals surface area contributed by atoms with Gasteiger partial charge in [0, 0.05) is 16.7 Å². The van der Waals surface area contributed by atoms with Gasteiger partial charge < -0.3 is 14.8 Å². The number of halogens is 4. The standard InChI is InChI=1S/C25H22F4N4O4S/c1-14-5-10-19(26)20(11-14)32-23(34)31-16-8-6-15(7-9-16)17-12-21(24(2,3)4)33-22(18(17)13-30)37-38(35,36)25(27,28)29/h5-12H,1-4H3,(H2,31,32,34). The quantitative estimate of drug-likeness (QED) is 0.220. The molecule has 0 radical (unpaired) electrons. The van der Waals surface area contributed by atoms with Crippen LogP contribution in [0.2, 0.25) is 0 Å². The van der Waals surface area contributed by atoms with E-state index in [-0.39, 0.29) is 22.6 Å². The third kappa shape index (κ3) is 6.38. The van der Waals surface area contributed by atoms with Gasteiger partial charge in [0.05, 0.1) is 11.4 Å². The fourth-order valence-corrected chi connectivity index (χ4v) is 3.63. The van der Waals surface area contributed by atoms with Gasteiger partial charge in [-0.3, -0.25) is 0 Å². The fourth-order valence-electron chi connectivity index (χ4n) is 3.21. The van der Waals surface area contributed by atoms with Gasteiger partial charge in [-0.15, -0.1) is 0 Å². The lowest BCUT2D eigenvalue weighted by Gasteiger charge is -2.21. The molecular weight excluding hydrogens is 528 g/mol. The smallest absolute Gasteiger partial charge is 0.354 e. The van der Waals surface area contributed by atoms with Crippen molar-refractivity contribution in [3.63, 3.8) is 0 Å². The summed E-state index contributed by atoms with van der Waals surface area (Å²) in [5.74, 6) is -1.63. The minimum absolute atomic E-state index is 0.0226. The number of hydrogen-bond acceptors (Lipinski definition) is 6. The summed E-state index contributed by atoms with van der Waals surface area (Å²) in [5, 5.41) is 14.6. The highest BCUT2D eigenvalue weighted by Gasteiger charge is 2.49. The Bertz CT molecular complexity index is 1530. The number of carbonyl (C=O) groups excluding carboxylic acids is 1. The molecule has 0 atom stereocenters. The maximum atomic E-state index is 13.9. The van der Waals surface area contributed by atoms with Gasteiger partial charge in [0.2, 0.25) is 0 Å². The van der Waals surface area contributed by atoms with Crippen molar-refractivity contribution in [1.82, 2.24) is 4.98 Å². The molecule has 0 unspecified atom stereocenters. The lowest BCUT2D eigenvalue weighted by Crippen LogP contribution is -2.29. The molecule has 0 aliphatic heterocycles. The highest BCUT2D eigenvalue weighted by molar-refractivity contribution is 7.88. The van der Waals surface area contributed by atoms with Crippen molar-refractivity contribution >= 4 is 27.5 Å². The Morgan fingerprint density at radius 2 is 1.66 bits per heavy atom. The molecule has 0 saturated heterocycles. The van der Waals surface area contributed by atoms with E-state index in [1.54, 1.807) is 39.8 Å². The van der Waals surface area contributed by atoms with Crippen LogP contribution in [0.25, 0.3) is 11.1 Å². The number of carbonyl (C=O) groups is 1. The van der Waals surface area contributed by atoms with Crippen molar-refractivity contribution in [3.05, 3.63) is 71.2 Å². The summed E-state index contributed by atoms with van der Waals surface area (Å²) < 4.78 is 80.3. The molecule has 38 heavy (non-hydrogen) atoms. The summed E-state index contributed by atoms with van der Waals surface area (Å²) >= 11 is 0.